The highest BCUT2D eigenvalue weighted by atomic mass is 16.2. The summed E-state index contributed by atoms with van der Waals surface area (Å²) < 4.78 is 0. The number of carbonyl (C=O) groups is 1. The lowest BCUT2D eigenvalue weighted by molar-refractivity contribution is -0.146. The average molecular weight is 226 g/mol. The van der Waals surface area contributed by atoms with Crippen LogP contribution in [0.15, 0.2) is 0 Å². The van der Waals surface area contributed by atoms with Gasteiger partial charge in [-0.15, -0.1) is 0 Å². The molecule has 1 heterocycles. The number of nitrogens with zero attached hydrogens (tertiary/aromatic N) is 1. The number of amides is 1. The summed E-state index contributed by atoms with van der Waals surface area (Å²) >= 11 is 0. The second-order valence-electron chi connectivity index (χ2n) is 5.78. The van der Waals surface area contributed by atoms with E-state index in [9.17, 15) is 4.79 Å². The Kier molecular flexibility index (Phi) is 4.36. The van der Waals surface area contributed by atoms with Gasteiger partial charge >= 0.3 is 0 Å². The van der Waals surface area contributed by atoms with Crippen molar-refractivity contribution in [1.29, 1.82) is 0 Å². The van der Waals surface area contributed by atoms with Gasteiger partial charge in [0.2, 0.25) is 5.91 Å². The van der Waals surface area contributed by atoms with Crippen molar-refractivity contribution in [3.05, 3.63) is 0 Å². The molecule has 1 saturated heterocycles. The summed E-state index contributed by atoms with van der Waals surface area (Å²) in [6.07, 6.45) is 3.47. The van der Waals surface area contributed by atoms with Crippen LogP contribution >= 0.6 is 0 Å². The molecule has 94 valence electrons. The Hall–Kier alpha value is -0.570. The van der Waals surface area contributed by atoms with E-state index >= 15 is 0 Å². The van der Waals surface area contributed by atoms with Crippen molar-refractivity contribution in [2.24, 2.45) is 5.92 Å². The summed E-state index contributed by atoms with van der Waals surface area (Å²) in [6, 6.07) is 0.364. The van der Waals surface area contributed by atoms with E-state index < -0.39 is 0 Å². The van der Waals surface area contributed by atoms with Crippen molar-refractivity contribution >= 4 is 5.91 Å². The summed E-state index contributed by atoms with van der Waals surface area (Å²) in [6.45, 7) is 9.26. The van der Waals surface area contributed by atoms with E-state index in [2.05, 4.69) is 24.1 Å². The molecule has 0 aromatic carbocycles. The summed E-state index contributed by atoms with van der Waals surface area (Å²) in [7, 11) is 1.96. The molecular formula is C13H26N2O. The summed E-state index contributed by atoms with van der Waals surface area (Å²) in [4.78, 5) is 14.4. The van der Waals surface area contributed by atoms with Crippen LogP contribution in [-0.2, 0) is 4.79 Å². The van der Waals surface area contributed by atoms with Gasteiger partial charge in [-0.05, 0) is 40.2 Å². The summed E-state index contributed by atoms with van der Waals surface area (Å²) in [5.41, 5.74) is 0.0150. The number of carbonyl (C=O) groups excluding carboxylic acids is 1. The molecular weight excluding hydrogens is 200 g/mol. The number of hydrogen-bond donors (Lipinski definition) is 1. The topological polar surface area (TPSA) is 32.3 Å². The Morgan fingerprint density at radius 2 is 2.12 bits per heavy atom. The monoisotopic (exact) mass is 226 g/mol. The Morgan fingerprint density at radius 3 is 2.62 bits per heavy atom. The molecule has 1 fully saturated rings. The Labute approximate surface area is 99.6 Å². The maximum absolute atomic E-state index is 12.3. The van der Waals surface area contributed by atoms with Crippen molar-refractivity contribution in [3.63, 3.8) is 0 Å². The SMILES string of the molecule is CNCC1CCCC(C)(C)N1C(=O)C(C)C. The first-order valence-corrected chi connectivity index (χ1v) is 6.38. The molecule has 1 unspecified atom stereocenters. The highest BCUT2D eigenvalue weighted by Crippen LogP contribution is 2.32. The van der Waals surface area contributed by atoms with Gasteiger partial charge in [-0.25, -0.2) is 0 Å². The zero-order valence-corrected chi connectivity index (χ0v) is 11.3. The average Bonchev–Trinajstić information content (AvgIpc) is 2.16. The van der Waals surface area contributed by atoms with Gasteiger partial charge in [0.15, 0.2) is 0 Å². The normalized spacial score (nSPS) is 24.9. The third-order valence-electron chi connectivity index (χ3n) is 3.51. The third kappa shape index (κ3) is 2.76. The van der Waals surface area contributed by atoms with E-state index in [0.29, 0.717) is 11.9 Å². The maximum atomic E-state index is 12.3. The lowest BCUT2D eigenvalue weighted by Gasteiger charge is -2.48. The van der Waals surface area contributed by atoms with E-state index in [1.165, 1.54) is 6.42 Å². The number of piperidine rings is 1. The molecule has 3 nitrogen and oxygen atoms in total. The van der Waals surface area contributed by atoms with Crippen LogP contribution < -0.4 is 5.32 Å². The van der Waals surface area contributed by atoms with Crippen LogP contribution in [-0.4, -0.2) is 36.0 Å². The first-order chi connectivity index (χ1) is 7.40. The van der Waals surface area contributed by atoms with E-state index in [1.54, 1.807) is 0 Å². The van der Waals surface area contributed by atoms with E-state index in [4.69, 9.17) is 0 Å². The molecule has 3 heteroatoms. The standard InChI is InChI=1S/C13H26N2O/c1-10(2)12(16)15-11(9-14-5)7-6-8-13(15,3)4/h10-11,14H,6-9H2,1-5H3. The minimum absolute atomic E-state index is 0.0150. The lowest BCUT2D eigenvalue weighted by Crippen LogP contribution is -2.59. The number of likely N-dealkylation sites (tertiary alicyclic amines) is 1. The molecule has 1 aliphatic heterocycles. The molecule has 1 N–H and O–H groups in total. The van der Waals surface area contributed by atoms with E-state index in [0.717, 1.165) is 19.4 Å². The first-order valence-electron chi connectivity index (χ1n) is 6.38. The minimum Gasteiger partial charge on any atom is -0.333 e. The third-order valence-corrected chi connectivity index (χ3v) is 3.51. The lowest BCUT2D eigenvalue weighted by atomic mass is 9.85. The van der Waals surface area contributed by atoms with Gasteiger partial charge in [0.25, 0.3) is 0 Å². The molecule has 1 atom stereocenters. The molecule has 0 saturated carbocycles. The van der Waals surface area contributed by atoms with Gasteiger partial charge in [0, 0.05) is 24.0 Å². The highest BCUT2D eigenvalue weighted by molar-refractivity contribution is 5.79. The molecule has 0 radical (unpaired) electrons. The van der Waals surface area contributed by atoms with Crippen LogP contribution in [0.2, 0.25) is 0 Å². The van der Waals surface area contributed by atoms with E-state index in [-0.39, 0.29) is 11.5 Å². The Balaban J connectivity index is 2.88. The zero-order chi connectivity index (χ0) is 12.3. The fourth-order valence-electron chi connectivity index (χ4n) is 2.70. The molecule has 0 bridgehead atoms. The van der Waals surface area contributed by atoms with Crippen LogP contribution in [0.4, 0.5) is 0 Å². The molecule has 0 aromatic rings. The predicted molar refractivity (Wildman–Crippen MR) is 67.3 cm³/mol. The fraction of sp³-hybridized carbons (Fsp3) is 0.923. The smallest absolute Gasteiger partial charge is 0.225 e. The maximum Gasteiger partial charge on any atom is 0.225 e. The second-order valence-corrected chi connectivity index (χ2v) is 5.78. The second kappa shape index (κ2) is 5.17. The molecule has 1 aliphatic rings. The molecule has 0 aromatic heterocycles. The van der Waals surface area contributed by atoms with Crippen LogP contribution in [0, 0.1) is 5.92 Å². The largest absolute Gasteiger partial charge is 0.333 e. The molecule has 0 spiro atoms. The number of hydrogen-bond acceptors (Lipinski definition) is 2. The van der Waals surface area contributed by atoms with Crippen LogP contribution in [0.25, 0.3) is 0 Å². The van der Waals surface area contributed by atoms with Gasteiger partial charge < -0.3 is 10.2 Å². The zero-order valence-electron chi connectivity index (χ0n) is 11.3. The van der Waals surface area contributed by atoms with Gasteiger partial charge in [-0.3, -0.25) is 4.79 Å². The van der Waals surface area contributed by atoms with Crippen molar-refractivity contribution in [1.82, 2.24) is 10.2 Å². The van der Waals surface area contributed by atoms with E-state index in [1.807, 2.05) is 20.9 Å². The van der Waals surface area contributed by atoms with Gasteiger partial charge in [0.1, 0.15) is 0 Å². The molecule has 16 heavy (non-hydrogen) atoms. The predicted octanol–water partition coefficient (Wildman–Crippen LogP) is 2.02. The van der Waals surface area contributed by atoms with Crippen LogP contribution in [0.3, 0.4) is 0 Å². The molecule has 1 amide bonds. The van der Waals surface area contributed by atoms with Crippen molar-refractivity contribution < 1.29 is 4.79 Å². The van der Waals surface area contributed by atoms with Crippen LogP contribution in [0.5, 0.6) is 0 Å². The summed E-state index contributed by atoms with van der Waals surface area (Å²) in [5.74, 6) is 0.390. The fourth-order valence-corrected chi connectivity index (χ4v) is 2.70. The Morgan fingerprint density at radius 1 is 1.50 bits per heavy atom. The molecule has 1 rings (SSSR count). The van der Waals surface area contributed by atoms with Gasteiger partial charge in [-0.1, -0.05) is 13.8 Å². The number of rotatable bonds is 3. The minimum atomic E-state index is 0.0150. The van der Waals surface area contributed by atoms with Crippen molar-refractivity contribution in [2.45, 2.75) is 58.5 Å². The molecule has 0 aliphatic carbocycles. The van der Waals surface area contributed by atoms with Gasteiger partial charge in [0.05, 0.1) is 0 Å². The summed E-state index contributed by atoms with van der Waals surface area (Å²) in [5, 5.41) is 3.21. The highest BCUT2D eigenvalue weighted by Gasteiger charge is 2.39. The quantitative estimate of drug-likeness (QED) is 0.798. The Bertz CT molecular complexity index is 246. The first kappa shape index (κ1) is 13.5. The number of likely N-dealkylation sites (N-methyl/N-ethyl adjacent to an activating group) is 1. The van der Waals surface area contributed by atoms with Crippen molar-refractivity contribution in [2.75, 3.05) is 13.6 Å². The van der Waals surface area contributed by atoms with Gasteiger partial charge in [-0.2, -0.15) is 0 Å². The number of nitrogens with one attached hydrogen (secondary N) is 1. The van der Waals surface area contributed by atoms with Crippen LogP contribution in [0.1, 0.15) is 47.0 Å². The van der Waals surface area contributed by atoms with Crippen molar-refractivity contribution in [3.8, 4) is 0 Å².